The van der Waals surface area contributed by atoms with Crippen molar-refractivity contribution in [2.75, 3.05) is 6.54 Å². The largest absolute Gasteiger partial charge is 0.262 e. The van der Waals surface area contributed by atoms with Crippen LogP contribution in [0.2, 0.25) is 0 Å². The van der Waals surface area contributed by atoms with Crippen LogP contribution in [0.5, 0.6) is 0 Å². The number of pyridine rings is 1. The number of hydrogen-bond acceptors (Lipinski definition) is 2. The molecular weight excluding hydrogens is 176 g/mol. The fraction of sp³-hybridized carbons (Fsp3) is 0.300. The molecule has 1 heterocycles. The maximum Gasteiger partial charge on any atom is 0.0385 e. The summed E-state index contributed by atoms with van der Waals surface area (Å²) in [5.74, 6) is 5.89. The van der Waals surface area contributed by atoms with Crippen molar-refractivity contribution < 1.29 is 0 Å². The summed E-state index contributed by atoms with van der Waals surface area (Å²) in [5.41, 5.74) is 9.91. The molecule has 14 heavy (non-hydrogen) atoms. The van der Waals surface area contributed by atoms with Crippen molar-refractivity contribution in [2.45, 2.75) is 13.3 Å². The maximum atomic E-state index is 8.02. The van der Waals surface area contributed by atoms with E-state index in [1.54, 1.807) is 6.20 Å². The van der Waals surface area contributed by atoms with Crippen LogP contribution in [0.1, 0.15) is 17.7 Å². The average molecular weight is 186 g/mol. The van der Waals surface area contributed by atoms with Gasteiger partial charge in [-0.25, -0.2) is 0 Å². The number of aromatic nitrogens is 1. The Morgan fingerprint density at radius 1 is 1.64 bits per heavy atom. The molecule has 0 bridgehead atoms. The minimum Gasteiger partial charge on any atom is -0.262 e. The lowest BCUT2D eigenvalue weighted by Crippen LogP contribution is -1.81. The van der Waals surface area contributed by atoms with Gasteiger partial charge in [-0.3, -0.25) is 4.98 Å². The number of azide groups is 1. The smallest absolute Gasteiger partial charge is 0.0385 e. The summed E-state index contributed by atoms with van der Waals surface area (Å²) in [6.45, 7) is 2.35. The maximum absolute atomic E-state index is 8.02. The van der Waals surface area contributed by atoms with Gasteiger partial charge in [-0.05, 0) is 24.6 Å². The summed E-state index contributed by atoms with van der Waals surface area (Å²) in [7, 11) is 0. The third-order valence-corrected chi connectivity index (χ3v) is 1.53. The predicted octanol–water partition coefficient (Wildman–Crippen LogP) is 2.44. The topological polar surface area (TPSA) is 61.7 Å². The molecule has 0 saturated heterocycles. The van der Waals surface area contributed by atoms with Crippen LogP contribution in [0.3, 0.4) is 0 Å². The fourth-order valence-electron chi connectivity index (χ4n) is 0.938. The van der Waals surface area contributed by atoms with Crippen molar-refractivity contribution in [1.29, 1.82) is 0 Å². The van der Waals surface area contributed by atoms with E-state index in [4.69, 9.17) is 5.53 Å². The van der Waals surface area contributed by atoms with E-state index in [1.807, 2.05) is 19.1 Å². The highest BCUT2D eigenvalue weighted by Gasteiger charge is 1.86. The zero-order valence-electron chi connectivity index (χ0n) is 7.94. The molecule has 0 spiro atoms. The van der Waals surface area contributed by atoms with Gasteiger partial charge in [-0.1, -0.05) is 17.0 Å². The number of aryl methyl sites for hydroxylation is 1. The Kier molecular flexibility index (Phi) is 4.06. The molecule has 0 N–H and O–H groups in total. The summed E-state index contributed by atoms with van der Waals surface area (Å²) in [6, 6.07) is 3.77. The molecule has 0 unspecified atom stereocenters. The van der Waals surface area contributed by atoms with Gasteiger partial charge in [0.25, 0.3) is 0 Å². The van der Waals surface area contributed by atoms with E-state index in [0.717, 1.165) is 11.3 Å². The highest BCUT2D eigenvalue weighted by atomic mass is 15.1. The summed E-state index contributed by atoms with van der Waals surface area (Å²) >= 11 is 0. The molecule has 0 aliphatic carbocycles. The van der Waals surface area contributed by atoms with E-state index in [1.165, 1.54) is 0 Å². The Labute approximate surface area is 82.6 Å². The van der Waals surface area contributed by atoms with Crippen LogP contribution in [0.15, 0.2) is 23.4 Å². The molecule has 70 valence electrons. The van der Waals surface area contributed by atoms with Gasteiger partial charge in [0.1, 0.15) is 0 Å². The van der Waals surface area contributed by atoms with Gasteiger partial charge < -0.3 is 0 Å². The van der Waals surface area contributed by atoms with E-state index in [-0.39, 0.29) is 0 Å². The Morgan fingerprint density at radius 2 is 2.50 bits per heavy atom. The Hall–Kier alpha value is -1.98. The predicted molar refractivity (Wildman–Crippen MR) is 54.5 cm³/mol. The van der Waals surface area contributed by atoms with Crippen molar-refractivity contribution in [3.8, 4) is 11.8 Å². The summed E-state index contributed by atoms with van der Waals surface area (Å²) in [6.07, 6.45) is 2.32. The Morgan fingerprint density at radius 3 is 3.21 bits per heavy atom. The molecular formula is C10H10N4. The second-order valence-electron chi connectivity index (χ2n) is 2.69. The normalized spacial score (nSPS) is 8.36. The molecule has 1 aromatic rings. The zero-order chi connectivity index (χ0) is 10.2. The summed E-state index contributed by atoms with van der Waals surface area (Å²) in [4.78, 5) is 6.70. The van der Waals surface area contributed by atoms with Crippen molar-refractivity contribution in [3.63, 3.8) is 0 Å². The van der Waals surface area contributed by atoms with E-state index in [9.17, 15) is 0 Å². The van der Waals surface area contributed by atoms with Crippen LogP contribution in [0, 0.1) is 18.8 Å². The van der Waals surface area contributed by atoms with Gasteiger partial charge in [-0.2, -0.15) is 0 Å². The van der Waals surface area contributed by atoms with Crippen LogP contribution in [-0.2, 0) is 0 Å². The fourth-order valence-corrected chi connectivity index (χ4v) is 0.938. The molecule has 0 aliphatic rings. The molecule has 0 saturated carbocycles. The van der Waals surface area contributed by atoms with Crippen LogP contribution < -0.4 is 0 Å². The number of hydrogen-bond donors (Lipinski definition) is 0. The van der Waals surface area contributed by atoms with Crippen molar-refractivity contribution in [3.05, 3.63) is 40.0 Å². The van der Waals surface area contributed by atoms with Gasteiger partial charge in [0.05, 0.1) is 0 Å². The van der Waals surface area contributed by atoms with E-state index in [0.29, 0.717) is 13.0 Å². The second kappa shape index (κ2) is 5.63. The molecule has 4 heteroatoms. The molecule has 0 radical (unpaired) electrons. The van der Waals surface area contributed by atoms with Crippen LogP contribution in [-0.4, -0.2) is 11.5 Å². The lowest BCUT2D eigenvalue weighted by Gasteiger charge is -1.90. The summed E-state index contributed by atoms with van der Waals surface area (Å²) < 4.78 is 0. The average Bonchev–Trinajstić information content (AvgIpc) is 2.18. The van der Waals surface area contributed by atoms with Gasteiger partial charge in [0.15, 0.2) is 0 Å². The van der Waals surface area contributed by atoms with Crippen LogP contribution in [0.25, 0.3) is 10.4 Å². The first kappa shape index (κ1) is 10.1. The lowest BCUT2D eigenvalue weighted by atomic mass is 10.2. The third-order valence-electron chi connectivity index (χ3n) is 1.53. The number of rotatable bonds is 2. The van der Waals surface area contributed by atoms with E-state index >= 15 is 0 Å². The molecule has 0 atom stereocenters. The van der Waals surface area contributed by atoms with Crippen molar-refractivity contribution >= 4 is 0 Å². The molecule has 4 nitrogen and oxygen atoms in total. The molecule has 1 rings (SSSR count). The van der Waals surface area contributed by atoms with Crippen molar-refractivity contribution in [2.24, 2.45) is 5.11 Å². The van der Waals surface area contributed by atoms with E-state index < -0.39 is 0 Å². The summed E-state index contributed by atoms with van der Waals surface area (Å²) in [5, 5.41) is 3.39. The van der Waals surface area contributed by atoms with Gasteiger partial charge in [0, 0.05) is 35.3 Å². The first-order valence-electron chi connectivity index (χ1n) is 4.25. The van der Waals surface area contributed by atoms with Gasteiger partial charge >= 0.3 is 0 Å². The lowest BCUT2D eigenvalue weighted by molar-refractivity contribution is 1.01. The first-order chi connectivity index (χ1) is 6.83. The van der Waals surface area contributed by atoms with Crippen LogP contribution in [0.4, 0.5) is 0 Å². The highest BCUT2D eigenvalue weighted by molar-refractivity contribution is 5.33. The Balaban J connectivity index is 2.54. The minimum atomic E-state index is 0.424. The highest BCUT2D eigenvalue weighted by Crippen LogP contribution is 1.97. The third kappa shape index (κ3) is 3.61. The zero-order valence-corrected chi connectivity index (χ0v) is 7.94. The number of nitrogens with zero attached hydrogens (tertiary/aromatic N) is 4. The SMILES string of the molecule is Cc1cc(C#CCCN=[N+]=[N-])ccn1. The quantitative estimate of drug-likeness (QED) is 0.230. The molecule has 0 aliphatic heterocycles. The van der Waals surface area contributed by atoms with Gasteiger partial charge in [-0.15, -0.1) is 0 Å². The van der Waals surface area contributed by atoms with E-state index in [2.05, 4.69) is 26.9 Å². The Bertz CT molecular complexity index is 408. The second-order valence-corrected chi connectivity index (χ2v) is 2.69. The minimum absolute atomic E-state index is 0.424. The monoisotopic (exact) mass is 186 g/mol. The standard InChI is InChI=1S/C10H10N4/c1-9-8-10(5-7-12-9)4-2-3-6-13-14-11/h5,7-8H,3,6H2,1H3. The van der Waals surface area contributed by atoms with Gasteiger partial charge in [0.2, 0.25) is 0 Å². The molecule has 0 aromatic carbocycles. The molecule has 1 aromatic heterocycles. The molecule has 0 amide bonds. The van der Waals surface area contributed by atoms with Crippen LogP contribution >= 0.6 is 0 Å². The molecule has 0 fully saturated rings. The first-order valence-corrected chi connectivity index (χ1v) is 4.25. The van der Waals surface area contributed by atoms with Crippen molar-refractivity contribution in [1.82, 2.24) is 4.98 Å².